The number of benzene rings is 1. The van der Waals surface area contributed by atoms with Crippen LogP contribution in [0, 0.1) is 11.8 Å². The highest BCUT2D eigenvalue weighted by molar-refractivity contribution is 7.10. The number of nitrogens with zero attached hydrogens (tertiary/aromatic N) is 1. The number of hydrogen-bond acceptors (Lipinski definition) is 7. The number of alkyl halides is 6. The molecule has 0 spiro atoms. The number of carboxylic acid groups (broad SMARTS) is 1. The van der Waals surface area contributed by atoms with Gasteiger partial charge in [-0.15, -0.1) is 11.3 Å². The van der Waals surface area contributed by atoms with Gasteiger partial charge in [-0.25, -0.2) is 4.79 Å². The maximum Gasteiger partial charge on any atom is 0.430 e. The van der Waals surface area contributed by atoms with Crippen LogP contribution >= 0.6 is 11.3 Å². The maximum atomic E-state index is 13.5. The number of hydrogen-bond donors (Lipinski definition) is 1. The van der Waals surface area contributed by atoms with Crippen molar-refractivity contribution in [1.82, 2.24) is 0 Å². The lowest BCUT2D eigenvalue weighted by Gasteiger charge is -2.52. The van der Waals surface area contributed by atoms with E-state index in [1.807, 2.05) is 17.5 Å². The van der Waals surface area contributed by atoms with E-state index < -0.39 is 35.5 Å². The second kappa shape index (κ2) is 13.7. The molecule has 3 saturated heterocycles. The summed E-state index contributed by atoms with van der Waals surface area (Å²) in [6, 6.07) is 8.67. The van der Waals surface area contributed by atoms with E-state index in [0.717, 1.165) is 74.8 Å². The van der Waals surface area contributed by atoms with E-state index in [1.165, 1.54) is 17.4 Å². The number of aliphatic carboxylic acids is 1. The van der Waals surface area contributed by atoms with Gasteiger partial charge < -0.3 is 29.0 Å². The number of carbonyl (C=O) groups excluding carboxylic acids is 2. The fourth-order valence-electron chi connectivity index (χ4n) is 6.56. The lowest BCUT2D eigenvalue weighted by molar-refractivity contribution is -0.946. The number of esters is 1. The standard InChI is InChI=1S/C28H35F3NO4S.C2HF3O2/c29-28(30,31)22-8-3-9-23(18-22)35-16-5-13-32-14-11-20(12-15-32)24(19-32)36-26(33)27(34,21-6-1-2-7-21)25-10-4-17-37-25;3-2(4,5)1(6)7/h3-4,8-10,17-18,20-21,24,34H,1-2,5-7,11-16,19H2;(H,6,7)/q+1;/p-1/t20?,24-,27+,32?;/m0./s1. The highest BCUT2D eigenvalue weighted by Crippen LogP contribution is 2.44. The van der Waals surface area contributed by atoms with Crippen LogP contribution in [0.25, 0.3) is 0 Å². The van der Waals surface area contributed by atoms with Crippen LogP contribution in [0.3, 0.4) is 0 Å². The molecule has 1 aromatic heterocycles. The molecule has 2 aromatic rings. The van der Waals surface area contributed by atoms with E-state index in [1.54, 1.807) is 6.07 Å². The van der Waals surface area contributed by atoms with Crippen molar-refractivity contribution < 1.29 is 60.1 Å². The molecule has 2 bridgehead atoms. The molecule has 4 aliphatic rings. The van der Waals surface area contributed by atoms with Gasteiger partial charge in [-0.05, 0) is 42.5 Å². The second-order valence-electron chi connectivity index (χ2n) is 11.7. The molecular weight excluding hydrogens is 616 g/mol. The Morgan fingerprint density at radius 1 is 1.00 bits per heavy atom. The monoisotopic (exact) mass is 651 g/mol. The Kier molecular flexibility index (Phi) is 10.6. The van der Waals surface area contributed by atoms with E-state index in [0.29, 0.717) is 30.4 Å². The Morgan fingerprint density at radius 3 is 2.23 bits per heavy atom. The average molecular weight is 652 g/mol. The Bertz CT molecular complexity index is 1260. The third-order valence-corrected chi connectivity index (χ3v) is 9.89. The minimum Gasteiger partial charge on any atom is -0.542 e. The van der Waals surface area contributed by atoms with Crippen molar-refractivity contribution in [2.45, 2.75) is 69.0 Å². The fraction of sp³-hybridized carbons (Fsp3) is 0.600. The maximum absolute atomic E-state index is 13.5. The van der Waals surface area contributed by atoms with Gasteiger partial charge >= 0.3 is 18.3 Å². The normalized spacial score (nSPS) is 25.1. The largest absolute Gasteiger partial charge is 0.542 e. The van der Waals surface area contributed by atoms with E-state index in [2.05, 4.69) is 0 Å². The third-order valence-electron chi connectivity index (χ3n) is 8.89. The predicted molar refractivity (Wildman–Crippen MR) is 145 cm³/mol. The summed E-state index contributed by atoms with van der Waals surface area (Å²) in [5, 5.41) is 22.4. The van der Waals surface area contributed by atoms with Crippen LogP contribution in [0.2, 0.25) is 0 Å². The average Bonchev–Trinajstić information content (AvgIpc) is 3.71. The van der Waals surface area contributed by atoms with Gasteiger partial charge in [0.05, 0.1) is 31.8 Å². The van der Waals surface area contributed by atoms with Gasteiger partial charge in [-0.3, -0.25) is 0 Å². The number of thiophene rings is 1. The summed E-state index contributed by atoms with van der Waals surface area (Å²) in [6.07, 6.45) is -3.51. The summed E-state index contributed by atoms with van der Waals surface area (Å²) in [7, 11) is 0. The molecule has 4 fully saturated rings. The number of rotatable bonds is 9. The topological polar surface area (TPSA) is 95.9 Å². The first-order valence-electron chi connectivity index (χ1n) is 14.5. The SMILES string of the molecule is O=C(O[C@H]1C[N+]2(CCCOc3cccc(C(F)(F)F)c3)CCC1CC2)[C@](O)(c1cccs1)C1CCCC1.O=C([O-])C(F)(F)F. The smallest absolute Gasteiger partial charge is 0.430 e. The van der Waals surface area contributed by atoms with Gasteiger partial charge in [0.15, 0.2) is 11.7 Å². The van der Waals surface area contributed by atoms with Crippen molar-refractivity contribution in [3.8, 4) is 5.75 Å². The number of carboxylic acids is 1. The van der Waals surface area contributed by atoms with Crippen molar-refractivity contribution in [1.29, 1.82) is 0 Å². The summed E-state index contributed by atoms with van der Waals surface area (Å²) in [5.41, 5.74) is -2.30. The lowest BCUT2D eigenvalue weighted by Crippen LogP contribution is -2.65. The number of fused-ring (bicyclic) bond motifs is 3. The quantitative estimate of drug-likeness (QED) is 0.176. The molecule has 6 rings (SSSR count). The predicted octanol–water partition coefficient (Wildman–Crippen LogP) is 5.06. The molecule has 1 aromatic carbocycles. The van der Waals surface area contributed by atoms with Crippen molar-refractivity contribution in [2.75, 3.05) is 32.8 Å². The van der Waals surface area contributed by atoms with Crippen LogP contribution in [0.1, 0.15) is 55.4 Å². The zero-order valence-electron chi connectivity index (χ0n) is 23.9. The van der Waals surface area contributed by atoms with Gasteiger partial charge in [0.1, 0.15) is 18.3 Å². The first kappa shape index (κ1) is 34.0. The summed E-state index contributed by atoms with van der Waals surface area (Å²) in [5.74, 6) is -3.10. The minimum atomic E-state index is -5.19. The lowest BCUT2D eigenvalue weighted by atomic mass is 9.82. The van der Waals surface area contributed by atoms with Gasteiger partial charge in [-0.1, -0.05) is 25.0 Å². The highest BCUT2D eigenvalue weighted by Gasteiger charge is 2.53. The van der Waals surface area contributed by atoms with Gasteiger partial charge in [0.25, 0.3) is 0 Å². The van der Waals surface area contributed by atoms with Crippen LogP contribution < -0.4 is 9.84 Å². The molecule has 44 heavy (non-hydrogen) atoms. The zero-order valence-corrected chi connectivity index (χ0v) is 24.7. The molecule has 244 valence electrons. The molecule has 0 unspecified atom stereocenters. The Hall–Kier alpha value is -2.84. The van der Waals surface area contributed by atoms with Crippen molar-refractivity contribution >= 4 is 23.3 Å². The van der Waals surface area contributed by atoms with Crippen LogP contribution in [0.4, 0.5) is 26.3 Å². The summed E-state index contributed by atoms with van der Waals surface area (Å²) >= 11 is 1.40. The van der Waals surface area contributed by atoms with Crippen LogP contribution in [0.15, 0.2) is 41.8 Å². The number of aliphatic hydroxyl groups is 1. The van der Waals surface area contributed by atoms with E-state index >= 15 is 0 Å². The van der Waals surface area contributed by atoms with Gasteiger partial charge in [-0.2, -0.15) is 26.3 Å². The van der Waals surface area contributed by atoms with E-state index in [-0.39, 0.29) is 17.8 Å². The molecule has 14 heteroatoms. The number of quaternary nitrogens is 1. The number of carbonyl (C=O) groups is 2. The first-order chi connectivity index (χ1) is 20.6. The van der Waals surface area contributed by atoms with Crippen LogP contribution in [-0.2, 0) is 26.1 Å². The summed E-state index contributed by atoms with van der Waals surface area (Å²) in [6.45, 7) is 3.86. The zero-order chi connectivity index (χ0) is 32.2. The third kappa shape index (κ3) is 8.05. The second-order valence-corrected chi connectivity index (χ2v) is 12.7. The molecule has 1 saturated carbocycles. The molecule has 4 heterocycles. The highest BCUT2D eigenvalue weighted by atomic mass is 32.1. The molecule has 0 radical (unpaired) electrons. The molecule has 1 N–H and O–H groups in total. The molecule has 0 amide bonds. The summed E-state index contributed by atoms with van der Waals surface area (Å²) in [4.78, 5) is 23.0. The minimum absolute atomic E-state index is 0.115. The molecule has 2 atom stereocenters. The van der Waals surface area contributed by atoms with Crippen molar-refractivity contribution in [2.24, 2.45) is 11.8 Å². The molecule has 3 aliphatic heterocycles. The Balaban J connectivity index is 0.000000566. The fourth-order valence-corrected chi connectivity index (χ4v) is 7.45. The van der Waals surface area contributed by atoms with Crippen LogP contribution in [0.5, 0.6) is 5.75 Å². The Labute approximate surface area is 255 Å². The van der Waals surface area contributed by atoms with Gasteiger partial charge in [0.2, 0.25) is 0 Å². The number of piperidine rings is 3. The number of halogens is 6. The Morgan fingerprint density at radius 2 is 1.66 bits per heavy atom. The van der Waals surface area contributed by atoms with Gasteiger partial charge in [0, 0.05) is 36.0 Å². The molecular formula is C30H35F6NO6S. The van der Waals surface area contributed by atoms with Crippen molar-refractivity contribution in [3.05, 3.63) is 52.2 Å². The van der Waals surface area contributed by atoms with E-state index in [9.17, 15) is 36.2 Å². The van der Waals surface area contributed by atoms with E-state index in [4.69, 9.17) is 19.4 Å². The number of ether oxygens (including phenoxy) is 2. The molecule has 7 nitrogen and oxygen atoms in total. The molecule has 1 aliphatic carbocycles. The first-order valence-corrected chi connectivity index (χ1v) is 15.4. The summed E-state index contributed by atoms with van der Waals surface area (Å²) < 4.78 is 83.0. The van der Waals surface area contributed by atoms with Crippen LogP contribution in [-0.4, -0.2) is 66.6 Å². The van der Waals surface area contributed by atoms with Crippen molar-refractivity contribution in [3.63, 3.8) is 0 Å².